The summed E-state index contributed by atoms with van der Waals surface area (Å²) >= 11 is 0. The normalized spacial score (nSPS) is 13.0. The first-order chi connectivity index (χ1) is 9.55. The van der Waals surface area contributed by atoms with Crippen LogP contribution in [0.5, 0.6) is 5.75 Å². The highest BCUT2D eigenvalue weighted by atomic mass is 16.6. The fourth-order valence-electron chi connectivity index (χ4n) is 2.24. The Labute approximate surface area is 124 Å². The Balaban J connectivity index is 3.10. The first kappa shape index (κ1) is 17.9. The molecule has 5 N–H and O–H groups in total. The number of unbranched alkanes of at least 4 members (excludes halogenated alkanes) is 1. The molecule has 120 valence electrons. The standard InChI is InChI=1S/C15H25NO5/c1-4-5-6-11-7-8-13(17)9-12(11)10-16(14(2,18)19)15(3,20)21/h7-9,17-21H,4-6,10H2,1-3H3. The minimum atomic E-state index is -2.41. The summed E-state index contributed by atoms with van der Waals surface area (Å²) in [5, 5.41) is 48.5. The summed E-state index contributed by atoms with van der Waals surface area (Å²) < 4.78 is 0. The van der Waals surface area contributed by atoms with Gasteiger partial charge >= 0.3 is 0 Å². The molecule has 0 saturated carbocycles. The van der Waals surface area contributed by atoms with E-state index in [1.165, 1.54) is 6.07 Å². The Kier molecular flexibility index (Phi) is 5.72. The zero-order valence-corrected chi connectivity index (χ0v) is 12.7. The molecular weight excluding hydrogens is 274 g/mol. The van der Waals surface area contributed by atoms with Crippen LogP contribution < -0.4 is 0 Å². The lowest BCUT2D eigenvalue weighted by molar-refractivity contribution is -0.374. The largest absolute Gasteiger partial charge is 0.508 e. The molecule has 1 aromatic rings. The molecule has 1 rings (SSSR count). The minimum Gasteiger partial charge on any atom is -0.508 e. The van der Waals surface area contributed by atoms with Crippen LogP contribution in [-0.2, 0) is 13.0 Å². The van der Waals surface area contributed by atoms with E-state index in [0.29, 0.717) is 5.56 Å². The number of benzene rings is 1. The summed E-state index contributed by atoms with van der Waals surface area (Å²) in [6.45, 7) is 4.03. The van der Waals surface area contributed by atoms with Crippen molar-refractivity contribution in [2.75, 3.05) is 0 Å². The molecule has 0 aliphatic rings. The maximum absolute atomic E-state index is 9.71. The van der Waals surface area contributed by atoms with Gasteiger partial charge in [0.25, 0.3) is 0 Å². The summed E-state index contributed by atoms with van der Waals surface area (Å²) in [7, 11) is 0. The lowest BCUT2D eigenvalue weighted by Crippen LogP contribution is -2.58. The molecule has 0 unspecified atom stereocenters. The van der Waals surface area contributed by atoms with E-state index in [2.05, 4.69) is 6.92 Å². The molecule has 0 bridgehead atoms. The summed E-state index contributed by atoms with van der Waals surface area (Å²) in [5.41, 5.74) is 1.54. The van der Waals surface area contributed by atoms with Gasteiger partial charge in [0, 0.05) is 20.4 Å². The van der Waals surface area contributed by atoms with E-state index < -0.39 is 11.8 Å². The predicted molar refractivity (Wildman–Crippen MR) is 77.9 cm³/mol. The van der Waals surface area contributed by atoms with Crippen LogP contribution in [0.15, 0.2) is 18.2 Å². The van der Waals surface area contributed by atoms with Crippen molar-refractivity contribution in [2.24, 2.45) is 0 Å². The molecule has 6 nitrogen and oxygen atoms in total. The molecule has 0 amide bonds. The van der Waals surface area contributed by atoms with Crippen LogP contribution in [0.25, 0.3) is 0 Å². The van der Waals surface area contributed by atoms with E-state index in [1.54, 1.807) is 12.1 Å². The van der Waals surface area contributed by atoms with Gasteiger partial charge in [-0.15, -0.1) is 0 Å². The van der Waals surface area contributed by atoms with Gasteiger partial charge in [-0.05, 0) is 36.1 Å². The first-order valence-electron chi connectivity index (χ1n) is 7.03. The van der Waals surface area contributed by atoms with Crippen molar-refractivity contribution < 1.29 is 25.5 Å². The topological polar surface area (TPSA) is 104 Å². The molecule has 0 aromatic heterocycles. The van der Waals surface area contributed by atoms with Gasteiger partial charge in [0.1, 0.15) is 5.75 Å². The lowest BCUT2D eigenvalue weighted by Gasteiger charge is -2.39. The summed E-state index contributed by atoms with van der Waals surface area (Å²) in [5.74, 6) is -4.78. The van der Waals surface area contributed by atoms with Crippen molar-refractivity contribution in [3.8, 4) is 5.75 Å². The first-order valence-corrected chi connectivity index (χ1v) is 7.03. The number of hydrogen-bond acceptors (Lipinski definition) is 6. The molecule has 1 aromatic carbocycles. The van der Waals surface area contributed by atoms with E-state index in [9.17, 15) is 25.5 Å². The summed E-state index contributed by atoms with van der Waals surface area (Å²) in [4.78, 5) is 0.726. The third-order valence-electron chi connectivity index (χ3n) is 3.34. The Hall–Kier alpha value is -1.18. The Morgan fingerprint density at radius 1 is 1.00 bits per heavy atom. The second-order valence-corrected chi connectivity index (χ2v) is 5.58. The Morgan fingerprint density at radius 2 is 1.57 bits per heavy atom. The van der Waals surface area contributed by atoms with E-state index in [-0.39, 0.29) is 12.3 Å². The Morgan fingerprint density at radius 3 is 2.05 bits per heavy atom. The number of phenols is 1. The fraction of sp³-hybridized carbons (Fsp3) is 0.600. The molecule has 0 atom stereocenters. The number of aromatic hydroxyl groups is 1. The van der Waals surface area contributed by atoms with Gasteiger partial charge in [-0.3, -0.25) is 0 Å². The molecule has 21 heavy (non-hydrogen) atoms. The van der Waals surface area contributed by atoms with E-state index in [0.717, 1.165) is 43.6 Å². The highest BCUT2D eigenvalue weighted by Gasteiger charge is 2.39. The highest BCUT2D eigenvalue weighted by Crippen LogP contribution is 2.26. The van der Waals surface area contributed by atoms with Gasteiger partial charge < -0.3 is 25.5 Å². The summed E-state index contributed by atoms with van der Waals surface area (Å²) in [6, 6.07) is 4.82. The van der Waals surface area contributed by atoms with Crippen LogP contribution in [0.4, 0.5) is 0 Å². The van der Waals surface area contributed by atoms with Gasteiger partial charge in [-0.1, -0.05) is 19.4 Å². The molecule has 0 spiro atoms. The second-order valence-electron chi connectivity index (χ2n) is 5.58. The Bertz CT molecular complexity index is 448. The van der Waals surface area contributed by atoms with Crippen molar-refractivity contribution in [1.29, 1.82) is 0 Å². The van der Waals surface area contributed by atoms with E-state index in [4.69, 9.17) is 0 Å². The average Bonchev–Trinajstić information content (AvgIpc) is 2.32. The van der Waals surface area contributed by atoms with Crippen molar-refractivity contribution >= 4 is 0 Å². The maximum atomic E-state index is 9.71. The third kappa shape index (κ3) is 5.26. The molecular formula is C15H25NO5. The van der Waals surface area contributed by atoms with Crippen LogP contribution >= 0.6 is 0 Å². The molecule has 0 fully saturated rings. The second kappa shape index (κ2) is 6.72. The number of aliphatic hydroxyl groups is 4. The fourth-order valence-corrected chi connectivity index (χ4v) is 2.24. The van der Waals surface area contributed by atoms with Crippen LogP contribution in [0.3, 0.4) is 0 Å². The molecule has 6 heteroatoms. The number of phenolic OH excluding ortho intramolecular Hbond substituents is 1. The average molecular weight is 299 g/mol. The van der Waals surface area contributed by atoms with Crippen molar-refractivity contribution in [2.45, 2.75) is 58.4 Å². The smallest absolute Gasteiger partial charge is 0.226 e. The van der Waals surface area contributed by atoms with Crippen molar-refractivity contribution in [3.05, 3.63) is 29.3 Å². The number of aryl methyl sites for hydroxylation is 1. The van der Waals surface area contributed by atoms with Crippen LogP contribution in [0.2, 0.25) is 0 Å². The van der Waals surface area contributed by atoms with Gasteiger partial charge in [0.05, 0.1) is 0 Å². The SMILES string of the molecule is CCCCc1ccc(O)cc1CN(C(C)(O)O)C(C)(O)O. The van der Waals surface area contributed by atoms with E-state index in [1.807, 2.05) is 0 Å². The van der Waals surface area contributed by atoms with Crippen LogP contribution in [0, 0.1) is 0 Å². The molecule has 0 aliphatic heterocycles. The maximum Gasteiger partial charge on any atom is 0.226 e. The predicted octanol–water partition coefficient (Wildman–Crippen LogP) is 0.853. The van der Waals surface area contributed by atoms with Gasteiger partial charge in [0.2, 0.25) is 11.8 Å². The molecule has 0 heterocycles. The zero-order chi connectivity index (χ0) is 16.3. The highest BCUT2D eigenvalue weighted by molar-refractivity contribution is 5.35. The minimum absolute atomic E-state index is 0.0420. The lowest BCUT2D eigenvalue weighted by atomic mass is 10.0. The molecule has 0 saturated heterocycles. The van der Waals surface area contributed by atoms with E-state index >= 15 is 0 Å². The monoisotopic (exact) mass is 299 g/mol. The molecule has 0 radical (unpaired) electrons. The van der Waals surface area contributed by atoms with Gasteiger partial charge in [-0.2, -0.15) is 4.90 Å². The number of hydrogen-bond donors (Lipinski definition) is 5. The number of rotatable bonds is 7. The zero-order valence-electron chi connectivity index (χ0n) is 12.7. The van der Waals surface area contributed by atoms with Crippen LogP contribution in [0.1, 0.15) is 44.7 Å². The summed E-state index contributed by atoms with van der Waals surface area (Å²) in [6.07, 6.45) is 2.71. The van der Waals surface area contributed by atoms with Crippen molar-refractivity contribution in [1.82, 2.24) is 4.90 Å². The van der Waals surface area contributed by atoms with Gasteiger partial charge in [0.15, 0.2) is 0 Å². The quantitative estimate of drug-likeness (QED) is 0.478. The third-order valence-corrected chi connectivity index (χ3v) is 3.34. The molecule has 0 aliphatic carbocycles. The van der Waals surface area contributed by atoms with Crippen molar-refractivity contribution in [3.63, 3.8) is 0 Å². The van der Waals surface area contributed by atoms with Crippen LogP contribution in [-0.4, -0.2) is 42.3 Å². The number of nitrogens with zero attached hydrogens (tertiary/aromatic N) is 1. The van der Waals surface area contributed by atoms with Gasteiger partial charge in [-0.25, -0.2) is 0 Å².